The van der Waals surface area contributed by atoms with Gasteiger partial charge >= 0.3 is 5.97 Å². The molecule has 36 heavy (non-hydrogen) atoms. The van der Waals surface area contributed by atoms with Gasteiger partial charge in [0.05, 0.1) is 18.3 Å². The zero-order valence-electron chi connectivity index (χ0n) is 19.3. The zero-order chi connectivity index (χ0) is 25.1. The molecular weight excluding hydrogens is 494 g/mol. The number of carbonyl (C=O) groups excluding carboxylic acids is 2. The van der Waals surface area contributed by atoms with Gasteiger partial charge in [0.1, 0.15) is 21.9 Å². The molecule has 0 aliphatic rings. The van der Waals surface area contributed by atoms with Crippen LogP contribution in [0.4, 0.5) is 5.00 Å². The number of hydrogen-bond donors (Lipinski definition) is 1. The lowest BCUT2D eigenvalue weighted by atomic mass is 10.0. The second-order valence-electron chi connectivity index (χ2n) is 7.86. The Kier molecular flexibility index (Phi) is 6.75. The number of nitrogens with zero attached hydrogens (tertiary/aromatic N) is 2. The Balaban J connectivity index is 1.41. The molecule has 2 aromatic carbocycles. The maximum absolute atomic E-state index is 13.1. The van der Waals surface area contributed by atoms with Gasteiger partial charge in [-0.05, 0) is 24.1 Å². The molecule has 1 amide bonds. The Morgan fingerprint density at radius 3 is 2.42 bits per heavy atom. The number of benzene rings is 2. The highest BCUT2D eigenvalue weighted by Gasteiger charge is 2.23. The number of anilines is 1. The number of rotatable bonds is 7. The van der Waals surface area contributed by atoms with Gasteiger partial charge in [-0.3, -0.25) is 14.2 Å². The summed E-state index contributed by atoms with van der Waals surface area (Å²) >= 11 is 2.67. The summed E-state index contributed by atoms with van der Waals surface area (Å²) in [6.07, 6.45) is 1.38. The van der Waals surface area contributed by atoms with E-state index in [9.17, 15) is 14.4 Å². The van der Waals surface area contributed by atoms with Gasteiger partial charge in [0.2, 0.25) is 5.91 Å². The van der Waals surface area contributed by atoms with E-state index in [2.05, 4.69) is 10.3 Å². The third-order valence-electron chi connectivity index (χ3n) is 5.50. The van der Waals surface area contributed by atoms with Crippen LogP contribution in [0.1, 0.15) is 17.3 Å². The van der Waals surface area contributed by atoms with E-state index in [0.29, 0.717) is 26.3 Å². The average Bonchev–Trinajstić information content (AvgIpc) is 3.52. The van der Waals surface area contributed by atoms with Crippen molar-refractivity contribution >= 4 is 49.8 Å². The summed E-state index contributed by atoms with van der Waals surface area (Å²) in [6.45, 7) is 1.70. The van der Waals surface area contributed by atoms with Gasteiger partial charge in [-0.25, -0.2) is 9.78 Å². The van der Waals surface area contributed by atoms with Crippen LogP contribution < -0.4 is 10.9 Å². The summed E-state index contributed by atoms with van der Waals surface area (Å²) in [6, 6.07) is 21.0. The van der Waals surface area contributed by atoms with Crippen molar-refractivity contribution in [1.82, 2.24) is 9.55 Å². The first-order valence-corrected chi connectivity index (χ1v) is 12.9. The first-order valence-electron chi connectivity index (χ1n) is 11.2. The molecule has 0 bridgehead atoms. The lowest BCUT2D eigenvalue weighted by Gasteiger charge is -2.09. The number of nitrogens with one attached hydrogen (secondary N) is 1. The fourth-order valence-electron chi connectivity index (χ4n) is 3.82. The Labute approximate surface area is 214 Å². The number of amides is 1. The van der Waals surface area contributed by atoms with Crippen LogP contribution in [0, 0.1) is 0 Å². The van der Waals surface area contributed by atoms with Crippen molar-refractivity contribution in [1.29, 1.82) is 0 Å². The van der Waals surface area contributed by atoms with Crippen molar-refractivity contribution in [3.05, 3.63) is 94.4 Å². The summed E-state index contributed by atoms with van der Waals surface area (Å²) in [4.78, 5) is 44.7. The quantitative estimate of drug-likeness (QED) is 0.282. The third kappa shape index (κ3) is 4.71. The predicted molar refractivity (Wildman–Crippen MR) is 144 cm³/mol. The first-order chi connectivity index (χ1) is 17.5. The predicted octanol–water partition coefficient (Wildman–Crippen LogP) is 5.67. The zero-order valence-corrected chi connectivity index (χ0v) is 20.9. The highest BCUT2D eigenvalue weighted by atomic mass is 32.1. The molecule has 7 nitrogen and oxygen atoms in total. The molecule has 1 N–H and O–H groups in total. The van der Waals surface area contributed by atoms with Crippen LogP contribution in [0.15, 0.2) is 83.2 Å². The highest BCUT2D eigenvalue weighted by Crippen LogP contribution is 2.36. The molecule has 9 heteroatoms. The van der Waals surface area contributed by atoms with Crippen molar-refractivity contribution in [3.8, 4) is 21.6 Å². The van der Waals surface area contributed by atoms with E-state index in [1.54, 1.807) is 6.92 Å². The summed E-state index contributed by atoms with van der Waals surface area (Å²) in [5, 5.41) is 5.44. The van der Waals surface area contributed by atoms with Gasteiger partial charge in [-0.2, -0.15) is 0 Å². The first kappa shape index (κ1) is 23.7. The molecule has 0 unspecified atom stereocenters. The number of fused-ring (bicyclic) bond motifs is 1. The van der Waals surface area contributed by atoms with Crippen molar-refractivity contribution in [3.63, 3.8) is 0 Å². The number of hydrogen-bond acceptors (Lipinski definition) is 7. The maximum atomic E-state index is 13.1. The van der Waals surface area contributed by atoms with E-state index in [-0.39, 0.29) is 18.7 Å². The molecule has 5 rings (SSSR count). The molecular formula is C27H21N3O4S2. The maximum Gasteiger partial charge on any atom is 0.341 e. The molecule has 0 spiro atoms. The van der Waals surface area contributed by atoms with Crippen LogP contribution in [0.5, 0.6) is 0 Å². The van der Waals surface area contributed by atoms with E-state index in [0.717, 1.165) is 16.0 Å². The van der Waals surface area contributed by atoms with Gasteiger partial charge in [-0.15, -0.1) is 22.7 Å². The SMILES string of the molecule is CCOC(=O)c1c(-c2ccccc2)csc1NC(=O)Cn1cnc2sc(-c3ccccc3)cc2c1=O. The molecule has 5 aromatic rings. The summed E-state index contributed by atoms with van der Waals surface area (Å²) in [5.41, 5.74) is 2.53. The fraction of sp³-hybridized carbons (Fsp3) is 0.111. The van der Waals surface area contributed by atoms with Gasteiger partial charge in [0, 0.05) is 15.8 Å². The Bertz CT molecular complexity index is 1600. The number of carbonyl (C=O) groups is 2. The minimum atomic E-state index is -0.514. The molecule has 0 aliphatic heterocycles. The smallest absolute Gasteiger partial charge is 0.341 e. The van der Waals surface area contributed by atoms with E-state index < -0.39 is 11.9 Å². The lowest BCUT2D eigenvalue weighted by molar-refractivity contribution is -0.116. The van der Waals surface area contributed by atoms with Crippen LogP contribution in [0.25, 0.3) is 31.8 Å². The van der Waals surface area contributed by atoms with Gasteiger partial charge in [0.25, 0.3) is 5.56 Å². The molecule has 0 aliphatic carbocycles. The number of thiophene rings is 2. The average molecular weight is 516 g/mol. The molecule has 0 radical (unpaired) electrons. The van der Waals surface area contributed by atoms with Crippen molar-refractivity contribution in [2.24, 2.45) is 0 Å². The molecule has 3 heterocycles. The van der Waals surface area contributed by atoms with E-state index in [1.807, 2.05) is 72.1 Å². The van der Waals surface area contributed by atoms with Crippen LogP contribution in [-0.2, 0) is 16.1 Å². The second kappa shape index (κ2) is 10.3. The molecule has 0 fully saturated rings. The number of esters is 1. The summed E-state index contributed by atoms with van der Waals surface area (Å²) in [5.74, 6) is -0.955. The molecule has 0 atom stereocenters. The lowest BCUT2D eigenvalue weighted by Crippen LogP contribution is -2.27. The topological polar surface area (TPSA) is 90.3 Å². The number of aromatic nitrogens is 2. The Morgan fingerprint density at radius 2 is 1.72 bits per heavy atom. The standard InChI is InChI=1S/C27H21N3O4S2/c1-2-34-27(33)23-20(17-9-5-3-6-10-17)15-35-25(23)29-22(31)14-30-16-28-24-19(26(30)32)13-21(36-24)18-11-7-4-8-12-18/h3-13,15-16H,2,14H2,1H3,(H,29,31). The molecule has 0 saturated heterocycles. The van der Waals surface area contributed by atoms with Crippen molar-refractivity contribution in [2.75, 3.05) is 11.9 Å². The van der Waals surface area contributed by atoms with Crippen molar-refractivity contribution in [2.45, 2.75) is 13.5 Å². The normalized spacial score (nSPS) is 10.9. The van der Waals surface area contributed by atoms with Crippen LogP contribution in [0.2, 0.25) is 0 Å². The monoisotopic (exact) mass is 515 g/mol. The molecule has 0 saturated carbocycles. The van der Waals surface area contributed by atoms with Crippen molar-refractivity contribution < 1.29 is 14.3 Å². The largest absolute Gasteiger partial charge is 0.462 e. The summed E-state index contributed by atoms with van der Waals surface area (Å²) < 4.78 is 6.52. The minimum absolute atomic E-state index is 0.211. The molecule has 180 valence electrons. The van der Waals surface area contributed by atoms with E-state index in [4.69, 9.17) is 4.74 Å². The fourth-order valence-corrected chi connectivity index (χ4v) is 5.79. The van der Waals surface area contributed by atoms with Gasteiger partial charge < -0.3 is 10.1 Å². The third-order valence-corrected chi connectivity index (χ3v) is 7.49. The van der Waals surface area contributed by atoms with Crippen LogP contribution in [0.3, 0.4) is 0 Å². The van der Waals surface area contributed by atoms with E-state index in [1.165, 1.54) is 33.6 Å². The summed E-state index contributed by atoms with van der Waals surface area (Å²) in [7, 11) is 0. The Morgan fingerprint density at radius 1 is 1.03 bits per heavy atom. The van der Waals surface area contributed by atoms with Crippen LogP contribution in [-0.4, -0.2) is 28.0 Å². The second-order valence-corrected chi connectivity index (χ2v) is 9.77. The minimum Gasteiger partial charge on any atom is -0.462 e. The van der Waals surface area contributed by atoms with Crippen LogP contribution >= 0.6 is 22.7 Å². The van der Waals surface area contributed by atoms with Gasteiger partial charge in [0.15, 0.2) is 0 Å². The number of ether oxygens (including phenoxy) is 1. The van der Waals surface area contributed by atoms with Gasteiger partial charge in [-0.1, -0.05) is 60.7 Å². The van der Waals surface area contributed by atoms with E-state index >= 15 is 0 Å². The highest BCUT2D eigenvalue weighted by molar-refractivity contribution is 7.21. The Hall–Kier alpha value is -4.08. The molecule has 3 aromatic heterocycles.